The van der Waals surface area contributed by atoms with Gasteiger partial charge in [-0.1, -0.05) is 24.3 Å². The molecule has 2 N–H and O–H groups in total. The number of nitrogens with zero attached hydrogens (tertiary/aromatic N) is 2. The Morgan fingerprint density at radius 3 is 2.61 bits per heavy atom. The molecule has 2 rings (SSSR count). The molecule has 0 aliphatic heterocycles. The van der Waals surface area contributed by atoms with Gasteiger partial charge >= 0.3 is 0 Å². The van der Waals surface area contributed by atoms with E-state index in [1.54, 1.807) is 11.3 Å². The Balaban J connectivity index is 1.87. The van der Waals surface area contributed by atoms with Gasteiger partial charge in [-0.2, -0.15) is 0 Å². The molecule has 0 saturated carbocycles. The molecular formula is C21H32N4O2S. The minimum atomic E-state index is 0.589. The largest absolute Gasteiger partial charge is 0.379 e. The van der Waals surface area contributed by atoms with E-state index < -0.39 is 0 Å². The van der Waals surface area contributed by atoms with Crippen molar-refractivity contribution in [2.45, 2.75) is 47.4 Å². The number of hydrogen-bond donors (Lipinski definition) is 2. The first kappa shape index (κ1) is 22.3. The molecule has 1 aromatic heterocycles. The van der Waals surface area contributed by atoms with Gasteiger partial charge < -0.3 is 20.1 Å². The average Bonchev–Trinajstić information content (AvgIpc) is 3.02. The van der Waals surface area contributed by atoms with E-state index in [9.17, 15) is 0 Å². The molecule has 0 aliphatic rings. The summed E-state index contributed by atoms with van der Waals surface area (Å²) >= 11 is 1.72. The maximum Gasteiger partial charge on any atom is 0.191 e. The van der Waals surface area contributed by atoms with Crippen LogP contribution in [0.1, 0.15) is 40.6 Å². The van der Waals surface area contributed by atoms with E-state index in [0.29, 0.717) is 32.9 Å². The number of aryl methyl sites for hydroxylation is 2. The molecule has 0 saturated heterocycles. The first-order valence-electron chi connectivity index (χ1n) is 9.80. The lowest BCUT2D eigenvalue weighted by atomic mass is 10.1. The quantitative estimate of drug-likeness (QED) is 0.340. The molecular weight excluding hydrogens is 372 g/mol. The predicted molar refractivity (Wildman–Crippen MR) is 116 cm³/mol. The summed E-state index contributed by atoms with van der Waals surface area (Å²) in [5, 5.41) is 7.73. The van der Waals surface area contributed by atoms with E-state index >= 15 is 0 Å². The first-order valence-corrected chi connectivity index (χ1v) is 10.6. The minimum Gasteiger partial charge on any atom is -0.379 e. The molecule has 0 radical (unpaired) electrons. The van der Waals surface area contributed by atoms with E-state index in [0.717, 1.165) is 40.9 Å². The molecule has 0 unspecified atom stereocenters. The SMILES string of the molecule is CCNC(=NCc1cccc(COCCOCC)c1)NCc1nc(C)c(C)s1. The second-order valence-corrected chi connectivity index (χ2v) is 7.66. The zero-order valence-corrected chi connectivity index (χ0v) is 18.2. The zero-order chi connectivity index (χ0) is 20.2. The van der Waals surface area contributed by atoms with Crippen LogP contribution in [0.3, 0.4) is 0 Å². The summed E-state index contributed by atoms with van der Waals surface area (Å²) in [5.74, 6) is 0.798. The summed E-state index contributed by atoms with van der Waals surface area (Å²) in [7, 11) is 0. The van der Waals surface area contributed by atoms with Gasteiger partial charge in [0.15, 0.2) is 5.96 Å². The van der Waals surface area contributed by atoms with Gasteiger partial charge in [0, 0.05) is 18.0 Å². The smallest absolute Gasteiger partial charge is 0.191 e. The molecule has 6 nitrogen and oxygen atoms in total. The molecule has 1 heterocycles. The number of aromatic nitrogens is 1. The van der Waals surface area contributed by atoms with E-state index in [-0.39, 0.29) is 0 Å². The summed E-state index contributed by atoms with van der Waals surface area (Å²) in [4.78, 5) is 10.5. The van der Waals surface area contributed by atoms with Crippen LogP contribution in [-0.4, -0.2) is 37.3 Å². The van der Waals surface area contributed by atoms with Gasteiger partial charge in [0.1, 0.15) is 5.01 Å². The fourth-order valence-electron chi connectivity index (χ4n) is 2.56. The number of nitrogens with one attached hydrogen (secondary N) is 2. The van der Waals surface area contributed by atoms with Crippen molar-refractivity contribution >= 4 is 17.3 Å². The van der Waals surface area contributed by atoms with Crippen molar-refractivity contribution in [2.24, 2.45) is 4.99 Å². The van der Waals surface area contributed by atoms with Crippen LogP contribution in [0, 0.1) is 13.8 Å². The highest BCUT2D eigenvalue weighted by Gasteiger charge is 2.05. The highest BCUT2D eigenvalue weighted by molar-refractivity contribution is 7.11. The fourth-order valence-corrected chi connectivity index (χ4v) is 3.43. The molecule has 154 valence electrons. The molecule has 0 bridgehead atoms. The summed E-state index contributed by atoms with van der Waals surface area (Å²) in [6.45, 7) is 12.9. The number of benzene rings is 1. The van der Waals surface area contributed by atoms with Crippen molar-refractivity contribution in [1.82, 2.24) is 15.6 Å². The van der Waals surface area contributed by atoms with Crippen LogP contribution in [0.15, 0.2) is 29.3 Å². The predicted octanol–water partition coefficient (Wildman–Crippen LogP) is 3.57. The summed E-state index contributed by atoms with van der Waals surface area (Å²) < 4.78 is 10.9. The van der Waals surface area contributed by atoms with Crippen molar-refractivity contribution in [3.05, 3.63) is 51.0 Å². The number of aliphatic imine (C=N–C) groups is 1. The van der Waals surface area contributed by atoms with Crippen LogP contribution in [0.2, 0.25) is 0 Å². The van der Waals surface area contributed by atoms with Crippen molar-refractivity contribution in [2.75, 3.05) is 26.4 Å². The van der Waals surface area contributed by atoms with E-state index in [1.165, 1.54) is 4.88 Å². The summed E-state index contributed by atoms with van der Waals surface area (Å²) in [5.41, 5.74) is 3.41. The molecule has 0 amide bonds. The number of hydrogen-bond acceptors (Lipinski definition) is 5. The second kappa shape index (κ2) is 12.5. The van der Waals surface area contributed by atoms with E-state index in [4.69, 9.17) is 14.5 Å². The molecule has 0 spiro atoms. The molecule has 7 heteroatoms. The molecule has 0 atom stereocenters. The van der Waals surface area contributed by atoms with Gasteiger partial charge in [0.05, 0.1) is 38.6 Å². The Labute approximate surface area is 172 Å². The van der Waals surface area contributed by atoms with Crippen molar-refractivity contribution < 1.29 is 9.47 Å². The normalized spacial score (nSPS) is 11.6. The molecule has 0 fully saturated rings. The second-order valence-electron chi connectivity index (χ2n) is 6.37. The van der Waals surface area contributed by atoms with Crippen molar-refractivity contribution in [3.8, 4) is 0 Å². The van der Waals surface area contributed by atoms with Crippen LogP contribution in [0.5, 0.6) is 0 Å². The van der Waals surface area contributed by atoms with Crippen molar-refractivity contribution in [3.63, 3.8) is 0 Å². The number of guanidine groups is 1. The number of ether oxygens (including phenoxy) is 2. The van der Waals surface area contributed by atoms with E-state index in [1.807, 2.05) is 19.9 Å². The monoisotopic (exact) mass is 404 g/mol. The maximum atomic E-state index is 5.65. The lowest BCUT2D eigenvalue weighted by Gasteiger charge is -2.10. The van der Waals surface area contributed by atoms with E-state index in [2.05, 4.69) is 47.7 Å². The van der Waals surface area contributed by atoms with Gasteiger partial charge in [-0.3, -0.25) is 0 Å². The summed E-state index contributed by atoms with van der Waals surface area (Å²) in [6, 6.07) is 8.35. The fraction of sp³-hybridized carbons (Fsp3) is 0.524. The van der Waals surface area contributed by atoms with Crippen LogP contribution in [-0.2, 0) is 29.2 Å². The summed E-state index contributed by atoms with van der Waals surface area (Å²) in [6.07, 6.45) is 0. The Morgan fingerprint density at radius 2 is 1.89 bits per heavy atom. The van der Waals surface area contributed by atoms with Crippen LogP contribution in [0.25, 0.3) is 0 Å². The lowest BCUT2D eigenvalue weighted by Crippen LogP contribution is -2.36. The highest BCUT2D eigenvalue weighted by atomic mass is 32.1. The van der Waals surface area contributed by atoms with Gasteiger partial charge in [-0.25, -0.2) is 9.98 Å². The van der Waals surface area contributed by atoms with Crippen LogP contribution < -0.4 is 10.6 Å². The third-order valence-corrected chi connectivity index (χ3v) is 5.15. The third kappa shape index (κ3) is 7.96. The Hall–Kier alpha value is -1.96. The van der Waals surface area contributed by atoms with Gasteiger partial charge in [0.25, 0.3) is 0 Å². The average molecular weight is 405 g/mol. The Morgan fingerprint density at radius 1 is 1.11 bits per heavy atom. The van der Waals surface area contributed by atoms with Gasteiger partial charge in [-0.05, 0) is 38.8 Å². The van der Waals surface area contributed by atoms with Crippen LogP contribution in [0.4, 0.5) is 0 Å². The highest BCUT2D eigenvalue weighted by Crippen LogP contribution is 2.16. The number of thiazole rings is 1. The Bertz CT molecular complexity index is 726. The minimum absolute atomic E-state index is 0.589. The Kier molecular flexibility index (Phi) is 9.96. The zero-order valence-electron chi connectivity index (χ0n) is 17.4. The molecule has 0 aliphatic carbocycles. The standard InChI is InChI=1S/C21H32N4O2S/c1-5-22-21(24-14-20-25-16(3)17(4)28-20)23-13-18-8-7-9-19(12-18)15-27-11-10-26-6-2/h7-9,12H,5-6,10-11,13-15H2,1-4H3,(H2,22,23,24). The van der Waals surface area contributed by atoms with Gasteiger partial charge in [-0.15, -0.1) is 11.3 Å². The molecule has 1 aromatic carbocycles. The van der Waals surface area contributed by atoms with Gasteiger partial charge in [0.2, 0.25) is 0 Å². The first-order chi connectivity index (χ1) is 13.6. The van der Waals surface area contributed by atoms with Crippen molar-refractivity contribution in [1.29, 1.82) is 0 Å². The van der Waals surface area contributed by atoms with Crippen LogP contribution >= 0.6 is 11.3 Å². The lowest BCUT2D eigenvalue weighted by molar-refractivity contribution is 0.0453. The molecule has 28 heavy (non-hydrogen) atoms. The number of rotatable bonds is 11. The molecule has 2 aromatic rings. The third-order valence-electron chi connectivity index (χ3n) is 4.08. The topological polar surface area (TPSA) is 67.8 Å². The maximum absolute atomic E-state index is 5.65.